The standard InChI is InChI=1S/C19H40O2/c1-18(2,3)12-10-16-20-14-8-7-9-15-21-17-11-13-19(4,5)6/h7-17H2,1-6H3. The van der Waals surface area contributed by atoms with Crippen LogP contribution in [-0.2, 0) is 9.47 Å². The van der Waals surface area contributed by atoms with Gasteiger partial charge in [0.1, 0.15) is 0 Å². The second-order valence-electron chi connectivity index (χ2n) is 8.61. The Hall–Kier alpha value is -0.0800. The molecule has 0 aliphatic carbocycles. The van der Waals surface area contributed by atoms with E-state index >= 15 is 0 Å². The van der Waals surface area contributed by atoms with Crippen LogP contribution in [0.5, 0.6) is 0 Å². The van der Waals surface area contributed by atoms with Crippen LogP contribution < -0.4 is 0 Å². The van der Waals surface area contributed by atoms with E-state index < -0.39 is 0 Å². The smallest absolute Gasteiger partial charge is 0.0466 e. The van der Waals surface area contributed by atoms with Gasteiger partial charge in [-0.2, -0.15) is 0 Å². The van der Waals surface area contributed by atoms with E-state index in [9.17, 15) is 0 Å². The molecule has 0 bridgehead atoms. The van der Waals surface area contributed by atoms with Gasteiger partial charge in [-0.25, -0.2) is 0 Å². The topological polar surface area (TPSA) is 18.5 Å². The molecule has 0 atom stereocenters. The molecule has 0 aromatic rings. The molecule has 21 heavy (non-hydrogen) atoms. The summed E-state index contributed by atoms with van der Waals surface area (Å²) in [5.41, 5.74) is 0.876. The van der Waals surface area contributed by atoms with Crippen molar-refractivity contribution in [2.45, 2.75) is 86.5 Å². The molecule has 2 nitrogen and oxygen atoms in total. The zero-order valence-corrected chi connectivity index (χ0v) is 15.6. The van der Waals surface area contributed by atoms with Gasteiger partial charge in [-0.1, -0.05) is 41.5 Å². The molecule has 0 fully saturated rings. The molecule has 0 spiro atoms. The van der Waals surface area contributed by atoms with Crippen LogP contribution in [0.2, 0.25) is 0 Å². The lowest BCUT2D eigenvalue weighted by molar-refractivity contribution is 0.105. The van der Waals surface area contributed by atoms with E-state index in [2.05, 4.69) is 41.5 Å². The van der Waals surface area contributed by atoms with Gasteiger partial charge in [0.15, 0.2) is 0 Å². The lowest BCUT2D eigenvalue weighted by atomic mass is 9.91. The largest absolute Gasteiger partial charge is 0.381 e. The highest BCUT2D eigenvalue weighted by molar-refractivity contribution is 4.61. The number of hydrogen-bond donors (Lipinski definition) is 0. The Morgan fingerprint density at radius 3 is 1.14 bits per heavy atom. The van der Waals surface area contributed by atoms with Crippen molar-refractivity contribution >= 4 is 0 Å². The summed E-state index contributed by atoms with van der Waals surface area (Å²) in [5.74, 6) is 0. The third-order valence-corrected chi connectivity index (χ3v) is 3.51. The second-order valence-corrected chi connectivity index (χ2v) is 8.61. The van der Waals surface area contributed by atoms with Crippen LogP contribution in [0.25, 0.3) is 0 Å². The molecule has 0 heterocycles. The predicted molar refractivity (Wildman–Crippen MR) is 92.9 cm³/mol. The van der Waals surface area contributed by atoms with E-state index in [0.717, 1.165) is 26.4 Å². The van der Waals surface area contributed by atoms with Crippen LogP contribution in [-0.4, -0.2) is 26.4 Å². The molecule has 0 saturated heterocycles. The van der Waals surface area contributed by atoms with Gasteiger partial charge in [0.05, 0.1) is 0 Å². The molecule has 0 aliphatic heterocycles. The van der Waals surface area contributed by atoms with E-state index in [-0.39, 0.29) is 0 Å². The zero-order chi connectivity index (χ0) is 16.2. The average molecular weight is 301 g/mol. The summed E-state index contributed by atoms with van der Waals surface area (Å²) in [7, 11) is 0. The summed E-state index contributed by atoms with van der Waals surface area (Å²) in [6.07, 6.45) is 8.41. The Balaban J connectivity index is 3.10. The Morgan fingerprint density at radius 2 is 0.810 bits per heavy atom. The number of rotatable bonds is 12. The van der Waals surface area contributed by atoms with Gasteiger partial charge >= 0.3 is 0 Å². The second kappa shape index (κ2) is 11.5. The summed E-state index contributed by atoms with van der Waals surface area (Å²) in [4.78, 5) is 0. The average Bonchev–Trinajstić information content (AvgIpc) is 2.32. The number of unbranched alkanes of at least 4 members (excludes halogenated alkanes) is 2. The van der Waals surface area contributed by atoms with E-state index in [0.29, 0.717) is 10.8 Å². The van der Waals surface area contributed by atoms with E-state index in [4.69, 9.17) is 9.47 Å². The molecule has 2 heteroatoms. The lowest BCUT2D eigenvalue weighted by Gasteiger charge is -2.17. The summed E-state index contributed by atoms with van der Waals surface area (Å²) >= 11 is 0. The third-order valence-electron chi connectivity index (χ3n) is 3.51. The lowest BCUT2D eigenvalue weighted by Crippen LogP contribution is -2.07. The molecule has 0 amide bonds. The van der Waals surface area contributed by atoms with Crippen LogP contribution in [0.15, 0.2) is 0 Å². The third kappa shape index (κ3) is 19.9. The minimum absolute atomic E-state index is 0.438. The van der Waals surface area contributed by atoms with Gasteiger partial charge in [-0.05, 0) is 55.8 Å². The van der Waals surface area contributed by atoms with Crippen molar-refractivity contribution in [2.75, 3.05) is 26.4 Å². The molecule has 0 unspecified atom stereocenters. The highest BCUT2D eigenvalue weighted by Gasteiger charge is 2.09. The maximum absolute atomic E-state index is 5.67. The Labute approximate surface area is 134 Å². The molecular weight excluding hydrogens is 260 g/mol. The van der Waals surface area contributed by atoms with Gasteiger partial charge in [0.25, 0.3) is 0 Å². The monoisotopic (exact) mass is 300 g/mol. The quantitative estimate of drug-likeness (QED) is 0.421. The van der Waals surface area contributed by atoms with Crippen molar-refractivity contribution in [3.05, 3.63) is 0 Å². The SMILES string of the molecule is CC(C)(C)CCCOCCCCCOCCCC(C)(C)C. The molecule has 0 radical (unpaired) electrons. The molecule has 0 N–H and O–H groups in total. The van der Waals surface area contributed by atoms with Crippen LogP contribution in [0.4, 0.5) is 0 Å². The molecule has 0 aliphatic rings. The van der Waals surface area contributed by atoms with Crippen molar-refractivity contribution < 1.29 is 9.47 Å². The summed E-state index contributed by atoms with van der Waals surface area (Å²) < 4.78 is 11.3. The van der Waals surface area contributed by atoms with Crippen molar-refractivity contribution in [3.8, 4) is 0 Å². The van der Waals surface area contributed by atoms with E-state index in [1.54, 1.807) is 0 Å². The van der Waals surface area contributed by atoms with Crippen molar-refractivity contribution in [1.82, 2.24) is 0 Å². The van der Waals surface area contributed by atoms with Crippen LogP contribution >= 0.6 is 0 Å². The fourth-order valence-electron chi connectivity index (χ4n) is 2.20. The normalized spacial score (nSPS) is 12.9. The van der Waals surface area contributed by atoms with Gasteiger partial charge in [-0.3, -0.25) is 0 Å². The van der Waals surface area contributed by atoms with Crippen molar-refractivity contribution in [1.29, 1.82) is 0 Å². The number of ether oxygens (including phenoxy) is 2. The van der Waals surface area contributed by atoms with Gasteiger partial charge in [0, 0.05) is 26.4 Å². The minimum Gasteiger partial charge on any atom is -0.381 e. The van der Waals surface area contributed by atoms with Gasteiger partial charge < -0.3 is 9.47 Å². The molecule has 128 valence electrons. The first-order chi connectivity index (χ1) is 9.71. The van der Waals surface area contributed by atoms with Gasteiger partial charge in [-0.15, -0.1) is 0 Å². The van der Waals surface area contributed by atoms with E-state index in [1.165, 1.54) is 44.9 Å². The maximum atomic E-state index is 5.67. The molecular formula is C19H40O2. The van der Waals surface area contributed by atoms with Crippen molar-refractivity contribution in [3.63, 3.8) is 0 Å². The zero-order valence-electron chi connectivity index (χ0n) is 15.6. The fourth-order valence-corrected chi connectivity index (χ4v) is 2.20. The molecule has 0 rings (SSSR count). The minimum atomic E-state index is 0.438. The fraction of sp³-hybridized carbons (Fsp3) is 1.00. The molecule has 0 saturated carbocycles. The van der Waals surface area contributed by atoms with E-state index in [1.807, 2.05) is 0 Å². The first-order valence-electron chi connectivity index (χ1n) is 8.86. The molecule has 0 aromatic carbocycles. The highest BCUT2D eigenvalue weighted by atomic mass is 16.5. The van der Waals surface area contributed by atoms with Crippen molar-refractivity contribution in [2.24, 2.45) is 10.8 Å². The maximum Gasteiger partial charge on any atom is 0.0466 e. The first-order valence-corrected chi connectivity index (χ1v) is 8.86. The summed E-state index contributed by atoms with van der Waals surface area (Å²) in [5, 5.41) is 0. The van der Waals surface area contributed by atoms with Crippen LogP contribution in [0, 0.1) is 10.8 Å². The Morgan fingerprint density at radius 1 is 0.476 bits per heavy atom. The predicted octanol–water partition coefficient (Wildman–Crippen LogP) is 5.84. The van der Waals surface area contributed by atoms with Crippen LogP contribution in [0.1, 0.15) is 86.5 Å². The number of hydrogen-bond acceptors (Lipinski definition) is 2. The van der Waals surface area contributed by atoms with Crippen LogP contribution in [0.3, 0.4) is 0 Å². The highest BCUT2D eigenvalue weighted by Crippen LogP contribution is 2.20. The summed E-state index contributed by atoms with van der Waals surface area (Å²) in [6.45, 7) is 17.4. The van der Waals surface area contributed by atoms with Gasteiger partial charge in [0.2, 0.25) is 0 Å². The molecule has 0 aromatic heterocycles. The first kappa shape index (κ1) is 20.9. The summed E-state index contributed by atoms with van der Waals surface area (Å²) in [6, 6.07) is 0. The Kier molecular flexibility index (Phi) is 11.4. The Bertz CT molecular complexity index is 199.